The molecule has 0 aliphatic rings. The molecular formula is C18H26BrN3. The molecule has 0 saturated heterocycles. The molecule has 4 heteroatoms. The number of hydrogen-bond acceptors (Lipinski definition) is 3. The van der Waals surface area contributed by atoms with Gasteiger partial charge in [-0.1, -0.05) is 29.8 Å². The number of anilines is 1. The van der Waals surface area contributed by atoms with Gasteiger partial charge in [0.1, 0.15) is 0 Å². The fourth-order valence-corrected chi connectivity index (χ4v) is 3.10. The molecule has 1 unspecified atom stereocenters. The largest absolute Gasteiger partial charge is 0.382 e. The second-order valence-electron chi connectivity index (χ2n) is 5.73. The summed E-state index contributed by atoms with van der Waals surface area (Å²) in [6.07, 6.45) is 4.28. The fourth-order valence-electron chi connectivity index (χ4n) is 2.74. The Bertz CT molecular complexity index is 596. The predicted octanol–water partition coefficient (Wildman–Crippen LogP) is 4.92. The molecule has 120 valence electrons. The lowest BCUT2D eigenvalue weighted by Gasteiger charge is -2.20. The van der Waals surface area contributed by atoms with E-state index in [1.165, 1.54) is 30.5 Å². The highest BCUT2D eigenvalue weighted by molar-refractivity contribution is 9.10. The Morgan fingerprint density at radius 1 is 1.23 bits per heavy atom. The van der Waals surface area contributed by atoms with Gasteiger partial charge in [0.2, 0.25) is 0 Å². The van der Waals surface area contributed by atoms with Crippen LogP contribution in [0.1, 0.15) is 33.6 Å². The van der Waals surface area contributed by atoms with E-state index in [4.69, 9.17) is 0 Å². The summed E-state index contributed by atoms with van der Waals surface area (Å²) < 4.78 is 1.09. The van der Waals surface area contributed by atoms with Gasteiger partial charge in [-0.15, -0.1) is 0 Å². The smallest absolute Gasteiger partial charge is 0.0723 e. The summed E-state index contributed by atoms with van der Waals surface area (Å²) in [6, 6.07) is 8.74. The number of benzene rings is 1. The van der Waals surface area contributed by atoms with Gasteiger partial charge in [0.15, 0.2) is 0 Å². The zero-order valence-electron chi connectivity index (χ0n) is 13.8. The minimum absolute atomic E-state index is 0.458. The Kier molecular flexibility index (Phi) is 6.65. The van der Waals surface area contributed by atoms with Gasteiger partial charge in [0.25, 0.3) is 0 Å². The summed E-state index contributed by atoms with van der Waals surface area (Å²) in [5.41, 5.74) is 2.20. The first kappa shape index (κ1) is 17.2. The standard InChI is InChI=1S/C18H26BrN3/c1-4-22(5-2)12-6-7-14(3)21-18-10-11-20-17-9-8-15(19)13-16(17)18/h8-11,13-14H,4-7,12H2,1-3H3,(H,20,21). The van der Waals surface area contributed by atoms with Crippen LogP contribution in [0.25, 0.3) is 10.9 Å². The minimum Gasteiger partial charge on any atom is -0.382 e. The molecule has 1 atom stereocenters. The summed E-state index contributed by atoms with van der Waals surface area (Å²) in [6.45, 7) is 10.2. The predicted molar refractivity (Wildman–Crippen MR) is 99.5 cm³/mol. The van der Waals surface area contributed by atoms with Crippen LogP contribution in [0.2, 0.25) is 0 Å². The van der Waals surface area contributed by atoms with Crippen LogP contribution in [0.4, 0.5) is 5.69 Å². The van der Waals surface area contributed by atoms with Crippen molar-refractivity contribution in [2.75, 3.05) is 25.0 Å². The van der Waals surface area contributed by atoms with Crippen molar-refractivity contribution < 1.29 is 0 Å². The molecule has 1 aromatic heterocycles. The van der Waals surface area contributed by atoms with Crippen LogP contribution in [0, 0.1) is 0 Å². The van der Waals surface area contributed by atoms with Gasteiger partial charge in [0, 0.05) is 27.8 Å². The molecule has 1 heterocycles. The highest BCUT2D eigenvalue weighted by atomic mass is 79.9. The summed E-state index contributed by atoms with van der Waals surface area (Å²) in [4.78, 5) is 6.91. The molecule has 0 spiro atoms. The summed E-state index contributed by atoms with van der Waals surface area (Å²) in [7, 11) is 0. The van der Waals surface area contributed by atoms with Crippen LogP contribution in [0.5, 0.6) is 0 Å². The first-order valence-corrected chi connectivity index (χ1v) is 8.96. The highest BCUT2D eigenvalue weighted by Crippen LogP contribution is 2.26. The van der Waals surface area contributed by atoms with E-state index in [0.29, 0.717) is 6.04 Å². The van der Waals surface area contributed by atoms with Gasteiger partial charge in [-0.2, -0.15) is 0 Å². The first-order valence-electron chi connectivity index (χ1n) is 8.17. The van der Waals surface area contributed by atoms with Crippen molar-refractivity contribution >= 4 is 32.5 Å². The molecule has 0 amide bonds. The normalized spacial score (nSPS) is 12.8. The Morgan fingerprint density at radius 2 is 2.00 bits per heavy atom. The quantitative estimate of drug-likeness (QED) is 0.721. The molecule has 0 aliphatic carbocycles. The lowest BCUT2D eigenvalue weighted by atomic mass is 10.1. The van der Waals surface area contributed by atoms with E-state index in [2.05, 4.69) is 70.1 Å². The Morgan fingerprint density at radius 3 is 2.73 bits per heavy atom. The Hall–Kier alpha value is -1.13. The van der Waals surface area contributed by atoms with E-state index in [0.717, 1.165) is 23.1 Å². The number of nitrogens with zero attached hydrogens (tertiary/aromatic N) is 2. The number of nitrogens with one attached hydrogen (secondary N) is 1. The highest BCUT2D eigenvalue weighted by Gasteiger charge is 2.07. The third-order valence-corrected chi connectivity index (χ3v) is 4.60. The fraction of sp³-hybridized carbons (Fsp3) is 0.500. The Balaban J connectivity index is 1.97. The third-order valence-electron chi connectivity index (χ3n) is 4.11. The zero-order chi connectivity index (χ0) is 15.9. The van der Waals surface area contributed by atoms with E-state index in [1.807, 2.05) is 12.3 Å². The van der Waals surface area contributed by atoms with Gasteiger partial charge in [-0.05, 0) is 63.7 Å². The third kappa shape index (κ3) is 4.68. The van der Waals surface area contributed by atoms with Gasteiger partial charge in [-0.25, -0.2) is 0 Å². The van der Waals surface area contributed by atoms with Crippen molar-refractivity contribution in [3.63, 3.8) is 0 Å². The van der Waals surface area contributed by atoms with Crippen molar-refractivity contribution in [2.45, 2.75) is 39.7 Å². The van der Waals surface area contributed by atoms with Crippen molar-refractivity contribution in [2.24, 2.45) is 0 Å². The molecule has 2 aromatic rings. The second-order valence-corrected chi connectivity index (χ2v) is 6.65. The number of aromatic nitrogens is 1. The number of rotatable bonds is 8. The number of fused-ring (bicyclic) bond motifs is 1. The maximum atomic E-state index is 4.43. The topological polar surface area (TPSA) is 28.2 Å². The molecule has 0 fully saturated rings. The monoisotopic (exact) mass is 363 g/mol. The van der Waals surface area contributed by atoms with Crippen LogP contribution < -0.4 is 5.32 Å². The van der Waals surface area contributed by atoms with Crippen molar-refractivity contribution in [1.29, 1.82) is 0 Å². The van der Waals surface area contributed by atoms with Crippen molar-refractivity contribution in [3.05, 3.63) is 34.9 Å². The van der Waals surface area contributed by atoms with Gasteiger partial charge in [-0.3, -0.25) is 4.98 Å². The molecule has 22 heavy (non-hydrogen) atoms. The van der Waals surface area contributed by atoms with E-state index < -0.39 is 0 Å². The van der Waals surface area contributed by atoms with Gasteiger partial charge in [0.05, 0.1) is 5.52 Å². The van der Waals surface area contributed by atoms with Crippen LogP contribution in [-0.2, 0) is 0 Å². The molecule has 2 rings (SSSR count). The molecule has 3 nitrogen and oxygen atoms in total. The summed E-state index contributed by atoms with van der Waals surface area (Å²) >= 11 is 3.55. The maximum Gasteiger partial charge on any atom is 0.0723 e. The molecule has 0 aliphatic heterocycles. The SMILES string of the molecule is CCN(CC)CCCC(C)Nc1ccnc2ccc(Br)cc12. The van der Waals surface area contributed by atoms with E-state index in [9.17, 15) is 0 Å². The van der Waals surface area contributed by atoms with Crippen LogP contribution in [0.15, 0.2) is 34.9 Å². The average molecular weight is 364 g/mol. The molecule has 0 saturated carbocycles. The molecule has 1 N–H and O–H groups in total. The van der Waals surface area contributed by atoms with Gasteiger partial charge < -0.3 is 10.2 Å². The first-order chi connectivity index (χ1) is 10.6. The Labute approximate surface area is 142 Å². The summed E-state index contributed by atoms with van der Waals surface area (Å²) in [5.74, 6) is 0. The minimum atomic E-state index is 0.458. The van der Waals surface area contributed by atoms with Crippen molar-refractivity contribution in [3.8, 4) is 0 Å². The number of pyridine rings is 1. The number of hydrogen-bond donors (Lipinski definition) is 1. The number of halogens is 1. The zero-order valence-corrected chi connectivity index (χ0v) is 15.4. The average Bonchev–Trinajstić information content (AvgIpc) is 2.52. The van der Waals surface area contributed by atoms with E-state index in [-0.39, 0.29) is 0 Å². The lowest BCUT2D eigenvalue weighted by molar-refractivity contribution is 0.295. The maximum absolute atomic E-state index is 4.43. The van der Waals surface area contributed by atoms with Gasteiger partial charge >= 0.3 is 0 Å². The molecule has 0 bridgehead atoms. The van der Waals surface area contributed by atoms with Crippen LogP contribution >= 0.6 is 15.9 Å². The molecule has 1 aromatic carbocycles. The van der Waals surface area contributed by atoms with E-state index >= 15 is 0 Å². The second kappa shape index (κ2) is 8.49. The van der Waals surface area contributed by atoms with Crippen LogP contribution in [-0.4, -0.2) is 35.6 Å². The summed E-state index contributed by atoms with van der Waals surface area (Å²) in [5, 5.41) is 4.82. The van der Waals surface area contributed by atoms with Crippen molar-refractivity contribution in [1.82, 2.24) is 9.88 Å². The lowest BCUT2D eigenvalue weighted by Crippen LogP contribution is -2.25. The molecule has 0 radical (unpaired) electrons. The van der Waals surface area contributed by atoms with E-state index in [1.54, 1.807) is 0 Å². The van der Waals surface area contributed by atoms with Crippen LogP contribution in [0.3, 0.4) is 0 Å². The molecular weight excluding hydrogens is 338 g/mol.